The lowest BCUT2D eigenvalue weighted by atomic mass is 10.3. The van der Waals surface area contributed by atoms with Gasteiger partial charge in [-0.05, 0) is 6.42 Å². The molecular formula is C10H14N6O3. The number of aromatic nitrogens is 4. The van der Waals surface area contributed by atoms with Crippen LogP contribution in [-0.2, 0) is 20.0 Å². The van der Waals surface area contributed by atoms with Crippen molar-refractivity contribution in [1.29, 1.82) is 0 Å². The fourth-order valence-electron chi connectivity index (χ4n) is 1.77. The summed E-state index contributed by atoms with van der Waals surface area (Å²) in [6, 6.07) is 0. The quantitative estimate of drug-likeness (QED) is 0.639. The largest absolute Gasteiger partial charge is 0.357 e. The van der Waals surface area contributed by atoms with E-state index in [1.54, 1.807) is 14.0 Å². The summed E-state index contributed by atoms with van der Waals surface area (Å²) in [5, 5.41) is 21.8. The van der Waals surface area contributed by atoms with Gasteiger partial charge in [0.1, 0.15) is 5.69 Å². The van der Waals surface area contributed by atoms with Crippen LogP contribution in [0.25, 0.3) is 0 Å². The van der Waals surface area contributed by atoms with E-state index in [0.29, 0.717) is 29.6 Å². The Morgan fingerprint density at radius 2 is 2.26 bits per heavy atom. The van der Waals surface area contributed by atoms with Crippen molar-refractivity contribution >= 4 is 11.5 Å². The van der Waals surface area contributed by atoms with Crippen LogP contribution in [0.2, 0.25) is 0 Å². The molecule has 2 heterocycles. The van der Waals surface area contributed by atoms with E-state index in [9.17, 15) is 10.1 Å². The zero-order valence-electron chi connectivity index (χ0n) is 10.9. The lowest BCUT2D eigenvalue weighted by molar-refractivity contribution is -0.384. The molecule has 2 aromatic heterocycles. The van der Waals surface area contributed by atoms with Crippen molar-refractivity contribution in [2.24, 2.45) is 7.05 Å². The predicted octanol–water partition coefficient (Wildman–Crippen LogP) is 1.19. The molecule has 0 spiro atoms. The topological polar surface area (TPSA) is 112 Å². The summed E-state index contributed by atoms with van der Waals surface area (Å²) < 4.78 is 6.28. The van der Waals surface area contributed by atoms with Crippen molar-refractivity contribution in [2.75, 3.05) is 5.32 Å². The van der Waals surface area contributed by atoms with Gasteiger partial charge in [-0.2, -0.15) is 10.1 Å². The summed E-state index contributed by atoms with van der Waals surface area (Å²) in [5.41, 5.74) is 0.435. The minimum absolute atomic E-state index is 0.00906. The Balaban J connectivity index is 2.24. The van der Waals surface area contributed by atoms with E-state index in [1.165, 1.54) is 4.68 Å². The molecular weight excluding hydrogens is 252 g/mol. The molecule has 0 saturated heterocycles. The lowest BCUT2D eigenvalue weighted by Crippen LogP contribution is -2.07. The van der Waals surface area contributed by atoms with E-state index >= 15 is 0 Å². The van der Waals surface area contributed by atoms with E-state index in [4.69, 9.17) is 4.52 Å². The van der Waals surface area contributed by atoms with Crippen LogP contribution >= 0.6 is 0 Å². The maximum atomic E-state index is 11.1. The molecule has 0 saturated carbocycles. The van der Waals surface area contributed by atoms with Gasteiger partial charge >= 0.3 is 5.69 Å². The number of aryl methyl sites for hydroxylation is 3. The highest BCUT2D eigenvalue weighted by Gasteiger charge is 2.25. The monoisotopic (exact) mass is 266 g/mol. The van der Waals surface area contributed by atoms with E-state index in [0.717, 1.165) is 0 Å². The Hall–Kier alpha value is -2.45. The molecule has 0 unspecified atom stereocenters. The Kier molecular flexibility index (Phi) is 3.45. The highest BCUT2D eigenvalue weighted by Crippen LogP contribution is 2.28. The molecule has 0 aromatic carbocycles. The number of nitrogens with zero attached hydrogens (tertiary/aromatic N) is 5. The summed E-state index contributed by atoms with van der Waals surface area (Å²) in [4.78, 5) is 14.7. The molecule has 2 aromatic rings. The van der Waals surface area contributed by atoms with Gasteiger partial charge in [0.25, 0.3) is 0 Å². The van der Waals surface area contributed by atoms with Gasteiger partial charge in [-0.25, -0.2) is 4.68 Å². The van der Waals surface area contributed by atoms with Gasteiger partial charge in [0.15, 0.2) is 5.82 Å². The van der Waals surface area contributed by atoms with E-state index < -0.39 is 4.92 Å². The minimum atomic E-state index is -0.435. The first-order valence-corrected chi connectivity index (χ1v) is 5.76. The molecule has 9 nitrogen and oxygen atoms in total. The summed E-state index contributed by atoms with van der Waals surface area (Å²) >= 11 is 0. The average Bonchev–Trinajstić information content (AvgIpc) is 2.90. The molecule has 0 aliphatic rings. The van der Waals surface area contributed by atoms with Crippen molar-refractivity contribution in [1.82, 2.24) is 19.9 Å². The number of nitro groups is 1. The number of rotatable bonds is 5. The Bertz CT molecular complexity index is 602. The fraction of sp³-hybridized carbons (Fsp3) is 0.500. The van der Waals surface area contributed by atoms with Gasteiger partial charge < -0.3 is 9.84 Å². The summed E-state index contributed by atoms with van der Waals surface area (Å²) in [5.74, 6) is 1.22. The van der Waals surface area contributed by atoms with E-state index in [2.05, 4.69) is 20.6 Å². The van der Waals surface area contributed by atoms with Gasteiger partial charge in [0, 0.05) is 14.0 Å². The van der Waals surface area contributed by atoms with Crippen LogP contribution in [0.4, 0.5) is 11.5 Å². The van der Waals surface area contributed by atoms with Crippen LogP contribution in [0.3, 0.4) is 0 Å². The third kappa shape index (κ3) is 2.54. The normalized spacial score (nSPS) is 10.7. The standard InChI is InChI=1S/C10H14N6O3/c1-4-7-9(16(17)18)10(15(3)13-7)11-5-8-12-6(2)19-14-8/h11H,4-5H2,1-3H3. The first-order valence-electron chi connectivity index (χ1n) is 5.76. The molecule has 9 heteroatoms. The zero-order valence-corrected chi connectivity index (χ0v) is 10.9. The van der Waals surface area contributed by atoms with Crippen molar-refractivity contribution in [3.63, 3.8) is 0 Å². The lowest BCUT2D eigenvalue weighted by Gasteiger charge is -2.02. The molecule has 0 bridgehead atoms. The van der Waals surface area contributed by atoms with Crippen LogP contribution in [-0.4, -0.2) is 24.8 Å². The van der Waals surface area contributed by atoms with Crippen LogP contribution < -0.4 is 5.32 Å². The first-order chi connectivity index (χ1) is 9.02. The van der Waals surface area contributed by atoms with Gasteiger partial charge in [0.2, 0.25) is 11.7 Å². The number of nitrogens with one attached hydrogen (secondary N) is 1. The molecule has 0 aliphatic carbocycles. The van der Waals surface area contributed by atoms with Crippen molar-refractivity contribution in [3.05, 3.63) is 27.5 Å². The molecule has 102 valence electrons. The second kappa shape index (κ2) is 5.04. The van der Waals surface area contributed by atoms with Gasteiger partial charge in [-0.1, -0.05) is 12.1 Å². The Morgan fingerprint density at radius 1 is 1.53 bits per heavy atom. The third-order valence-corrected chi connectivity index (χ3v) is 2.59. The molecule has 2 rings (SSSR count). The minimum Gasteiger partial charge on any atom is -0.357 e. The van der Waals surface area contributed by atoms with Crippen molar-refractivity contribution in [2.45, 2.75) is 26.8 Å². The molecule has 0 fully saturated rings. The molecule has 0 atom stereocenters. The van der Waals surface area contributed by atoms with Crippen LogP contribution in [0.1, 0.15) is 24.3 Å². The van der Waals surface area contributed by atoms with Crippen molar-refractivity contribution < 1.29 is 9.45 Å². The van der Waals surface area contributed by atoms with Gasteiger partial charge in [-0.3, -0.25) is 10.1 Å². The summed E-state index contributed by atoms with van der Waals surface area (Å²) in [6.45, 7) is 3.74. The SMILES string of the molecule is CCc1nn(C)c(NCc2noc(C)n2)c1[N+](=O)[O-]. The Morgan fingerprint density at radius 3 is 2.79 bits per heavy atom. The summed E-state index contributed by atoms with van der Waals surface area (Å²) in [6.07, 6.45) is 0.493. The molecule has 19 heavy (non-hydrogen) atoms. The zero-order chi connectivity index (χ0) is 14.0. The predicted molar refractivity (Wildman–Crippen MR) is 65.6 cm³/mol. The molecule has 0 amide bonds. The second-order valence-electron chi connectivity index (χ2n) is 3.96. The number of hydrogen-bond acceptors (Lipinski definition) is 7. The molecule has 0 radical (unpaired) electrons. The summed E-state index contributed by atoms with van der Waals surface area (Å²) in [7, 11) is 1.65. The smallest absolute Gasteiger partial charge is 0.333 e. The van der Waals surface area contributed by atoms with Crippen LogP contribution in [0, 0.1) is 17.0 Å². The number of hydrogen-bond donors (Lipinski definition) is 1. The van der Waals surface area contributed by atoms with Crippen LogP contribution in [0.5, 0.6) is 0 Å². The van der Waals surface area contributed by atoms with Gasteiger partial charge in [0.05, 0.1) is 11.5 Å². The van der Waals surface area contributed by atoms with Crippen molar-refractivity contribution in [3.8, 4) is 0 Å². The average molecular weight is 266 g/mol. The third-order valence-electron chi connectivity index (χ3n) is 2.59. The van der Waals surface area contributed by atoms with E-state index in [1.807, 2.05) is 6.92 Å². The molecule has 1 N–H and O–H groups in total. The van der Waals surface area contributed by atoms with E-state index in [-0.39, 0.29) is 12.2 Å². The second-order valence-corrected chi connectivity index (χ2v) is 3.96. The Labute approximate surface area is 108 Å². The van der Waals surface area contributed by atoms with Gasteiger partial charge in [-0.15, -0.1) is 0 Å². The fourth-order valence-corrected chi connectivity index (χ4v) is 1.77. The first kappa shape index (κ1) is 13.0. The number of anilines is 1. The highest BCUT2D eigenvalue weighted by atomic mass is 16.6. The highest BCUT2D eigenvalue weighted by molar-refractivity contribution is 5.59. The molecule has 0 aliphatic heterocycles. The maximum absolute atomic E-state index is 11.1. The maximum Gasteiger partial charge on any atom is 0.333 e. The van der Waals surface area contributed by atoms with Crippen LogP contribution in [0.15, 0.2) is 4.52 Å².